The Balaban J connectivity index is 2.35. The van der Waals surface area contributed by atoms with Crippen LogP contribution in [-0.4, -0.2) is 39.5 Å². The van der Waals surface area contributed by atoms with E-state index in [1.165, 1.54) is 6.26 Å². The van der Waals surface area contributed by atoms with Gasteiger partial charge in [-0.2, -0.15) is 0 Å². The van der Waals surface area contributed by atoms with Crippen molar-refractivity contribution in [2.45, 2.75) is 25.9 Å². The molecule has 0 fully saturated rings. The molecule has 0 radical (unpaired) electrons. The standard InChI is InChI=1S/C12H21N3O3S/c1-10(6-8-19(3,16)17)15-12(13-2)14-9-11-5-4-7-18-11/h4-5,7,10H,6,8-9H2,1-3H3,(H2,13,14,15). The van der Waals surface area contributed by atoms with Crippen LogP contribution in [0.1, 0.15) is 19.1 Å². The van der Waals surface area contributed by atoms with Crippen molar-refractivity contribution in [3.05, 3.63) is 24.2 Å². The monoisotopic (exact) mass is 287 g/mol. The largest absolute Gasteiger partial charge is 0.467 e. The Kier molecular flexibility index (Phi) is 5.88. The molecule has 0 amide bonds. The lowest BCUT2D eigenvalue weighted by Crippen LogP contribution is -2.42. The van der Waals surface area contributed by atoms with Crippen LogP contribution in [0, 0.1) is 0 Å². The lowest BCUT2D eigenvalue weighted by molar-refractivity contribution is 0.499. The lowest BCUT2D eigenvalue weighted by Gasteiger charge is -2.17. The van der Waals surface area contributed by atoms with Crippen molar-refractivity contribution in [2.24, 2.45) is 4.99 Å². The van der Waals surface area contributed by atoms with E-state index in [0.29, 0.717) is 18.9 Å². The summed E-state index contributed by atoms with van der Waals surface area (Å²) in [5.41, 5.74) is 0. The van der Waals surface area contributed by atoms with Crippen molar-refractivity contribution in [3.8, 4) is 0 Å². The van der Waals surface area contributed by atoms with E-state index < -0.39 is 9.84 Å². The molecule has 0 spiro atoms. The Bertz CT molecular complexity index is 494. The van der Waals surface area contributed by atoms with Gasteiger partial charge >= 0.3 is 0 Å². The van der Waals surface area contributed by atoms with Gasteiger partial charge < -0.3 is 15.1 Å². The molecule has 0 saturated heterocycles. The van der Waals surface area contributed by atoms with Gasteiger partial charge in [0.05, 0.1) is 18.6 Å². The molecule has 1 aromatic heterocycles. The maximum Gasteiger partial charge on any atom is 0.191 e. The van der Waals surface area contributed by atoms with E-state index in [0.717, 1.165) is 5.76 Å². The van der Waals surface area contributed by atoms with Gasteiger partial charge in [0.25, 0.3) is 0 Å². The molecule has 1 aromatic rings. The van der Waals surface area contributed by atoms with Crippen LogP contribution in [-0.2, 0) is 16.4 Å². The minimum atomic E-state index is -2.92. The molecule has 1 unspecified atom stereocenters. The van der Waals surface area contributed by atoms with Crippen LogP contribution in [0.3, 0.4) is 0 Å². The molecule has 19 heavy (non-hydrogen) atoms. The molecule has 0 aliphatic heterocycles. The first-order valence-electron chi connectivity index (χ1n) is 6.08. The number of rotatable bonds is 6. The molecule has 0 bridgehead atoms. The molecular formula is C12H21N3O3S. The van der Waals surface area contributed by atoms with Crippen LogP contribution in [0.2, 0.25) is 0 Å². The smallest absolute Gasteiger partial charge is 0.191 e. The third-order valence-electron chi connectivity index (χ3n) is 2.54. The summed E-state index contributed by atoms with van der Waals surface area (Å²) in [6.07, 6.45) is 3.39. The highest BCUT2D eigenvalue weighted by molar-refractivity contribution is 7.90. The van der Waals surface area contributed by atoms with Crippen LogP contribution in [0.5, 0.6) is 0 Å². The topological polar surface area (TPSA) is 83.7 Å². The first-order valence-corrected chi connectivity index (χ1v) is 8.14. The summed E-state index contributed by atoms with van der Waals surface area (Å²) in [6, 6.07) is 3.72. The zero-order chi connectivity index (χ0) is 14.3. The third-order valence-corrected chi connectivity index (χ3v) is 3.52. The third kappa shape index (κ3) is 6.85. The van der Waals surface area contributed by atoms with Crippen LogP contribution < -0.4 is 10.6 Å². The van der Waals surface area contributed by atoms with Gasteiger partial charge in [-0.05, 0) is 25.5 Å². The number of hydrogen-bond donors (Lipinski definition) is 2. The van der Waals surface area contributed by atoms with E-state index in [4.69, 9.17) is 4.42 Å². The SMILES string of the molecule is CN=C(NCc1ccco1)NC(C)CCS(C)(=O)=O. The van der Waals surface area contributed by atoms with E-state index in [1.54, 1.807) is 13.3 Å². The van der Waals surface area contributed by atoms with Gasteiger partial charge in [0.15, 0.2) is 5.96 Å². The lowest BCUT2D eigenvalue weighted by atomic mass is 10.3. The van der Waals surface area contributed by atoms with Gasteiger partial charge in [-0.25, -0.2) is 8.42 Å². The average molecular weight is 287 g/mol. The van der Waals surface area contributed by atoms with Crippen molar-refractivity contribution in [3.63, 3.8) is 0 Å². The second-order valence-electron chi connectivity index (χ2n) is 4.47. The molecule has 0 aliphatic rings. The molecule has 0 saturated carbocycles. The second kappa shape index (κ2) is 7.18. The summed E-state index contributed by atoms with van der Waals surface area (Å²) in [6.45, 7) is 2.45. The molecule has 108 valence electrons. The number of hydrogen-bond acceptors (Lipinski definition) is 4. The Hall–Kier alpha value is -1.50. The Morgan fingerprint density at radius 1 is 1.53 bits per heavy atom. The van der Waals surface area contributed by atoms with Crippen LogP contribution >= 0.6 is 0 Å². The molecular weight excluding hydrogens is 266 g/mol. The van der Waals surface area contributed by atoms with Crippen molar-refractivity contribution in [1.82, 2.24) is 10.6 Å². The number of furan rings is 1. The van der Waals surface area contributed by atoms with E-state index in [2.05, 4.69) is 15.6 Å². The summed E-state index contributed by atoms with van der Waals surface area (Å²) in [7, 11) is -1.26. The van der Waals surface area contributed by atoms with Crippen LogP contribution in [0.4, 0.5) is 0 Å². The second-order valence-corrected chi connectivity index (χ2v) is 6.73. The number of nitrogens with zero attached hydrogens (tertiary/aromatic N) is 1. The molecule has 6 nitrogen and oxygen atoms in total. The first kappa shape index (κ1) is 15.6. The van der Waals surface area contributed by atoms with Crippen molar-refractivity contribution >= 4 is 15.8 Å². The molecule has 1 atom stereocenters. The maximum atomic E-state index is 11.1. The first-order chi connectivity index (χ1) is 8.90. The van der Waals surface area contributed by atoms with Crippen molar-refractivity contribution in [2.75, 3.05) is 19.1 Å². The van der Waals surface area contributed by atoms with Gasteiger partial charge in [-0.1, -0.05) is 0 Å². The van der Waals surface area contributed by atoms with Gasteiger partial charge in [0.2, 0.25) is 0 Å². The predicted octanol–water partition coefficient (Wildman–Crippen LogP) is 0.768. The molecule has 0 aliphatic carbocycles. The number of aliphatic imine (C=N–C) groups is 1. The van der Waals surface area contributed by atoms with Crippen LogP contribution in [0.25, 0.3) is 0 Å². The fourth-order valence-electron chi connectivity index (χ4n) is 1.48. The molecule has 1 rings (SSSR count). The summed E-state index contributed by atoms with van der Waals surface area (Å²) >= 11 is 0. The predicted molar refractivity (Wildman–Crippen MR) is 75.8 cm³/mol. The fraction of sp³-hybridized carbons (Fsp3) is 0.583. The fourth-order valence-corrected chi connectivity index (χ4v) is 2.26. The van der Waals surface area contributed by atoms with E-state index in [9.17, 15) is 8.42 Å². The van der Waals surface area contributed by atoms with Gasteiger partial charge in [-0.3, -0.25) is 4.99 Å². The normalized spacial score (nSPS) is 14.2. The highest BCUT2D eigenvalue weighted by Crippen LogP contribution is 1.99. The van der Waals surface area contributed by atoms with Gasteiger partial charge in [-0.15, -0.1) is 0 Å². The van der Waals surface area contributed by atoms with E-state index >= 15 is 0 Å². The van der Waals surface area contributed by atoms with Gasteiger partial charge in [0, 0.05) is 19.3 Å². The molecule has 0 aromatic carbocycles. The summed E-state index contributed by atoms with van der Waals surface area (Å²) in [4.78, 5) is 4.08. The van der Waals surface area contributed by atoms with Crippen LogP contribution in [0.15, 0.2) is 27.8 Å². The minimum Gasteiger partial charge on any atom is -0.467 e. The Morgan fingerprint density at radius 3 is 2.79 bits per heavy atom. The van der Waals surface area contributed by atoms with Crippen molar-refractivity contribution < 1.29 is 12.8 Å². The molecule has 7 heteroatoms. The zero-order valence-corrected chi connectivity index (χ0v) is 12.3. The quantitative estimate of drug-likeness (QED) is 0.596. The Labute approximate surface area is 114 Å². The maximum absolute atomic E-state index is 11.1. The number of nitrogens with one attached hydrogen (secondary N) is 2. The summed E-state index contributed by atoms with van der Waals surface area (Å²) in [5.74, 6) is 1.60. The highest BCUT2D eigenvalue weighted by Gasteiger charge is 2.09. The average Bonchev–Trinajstić information content (AvgIpc) is 2.84. The van der Waals surface area contributed by atoms with Crippen molar-refractivity contribution in [1.29, 1.82) is 0 Å². The summed E-state index contributed by atoms with van der Waals surface area (Å²) in [5, 5.41) is 6.23. The zero-order valence-electron chi connectivity index (χ0n) is 11.5. The Morgan fingerprint density at radius 2 is 2.26 bits per heavy atom. The molecule has 2 N–H and O–H groups in total. The van der Waals surface area contributed by atoms with Gasteiger partial charge in [0.1, 0.15) is 15.6 Å². The number of guanidine groups is 1. The molecule has 1 heterocycles. The highest BCUT2D eigenvalue weighted by atomic mass is 32.2. The van der Waals surface area contributed by atoms with E-state index in [-0.39, 0.29) is 11.8 Å². The minimum absolute atomic E-state index is 0.0255. The summed E-state index contributed by atoms with van der Waals surface area (Å²) < 4.78 is 27.4. The number of sulfone groups is 1. The van der Waals surface area contributed by atoms with E-state index in [1.807, 2.05) is 19.1 Å².